The molecule has 5 nitrogen and oxygen atoms in total. The Labute approximate surface area is 136 Å². The van der Waals surface area contributed by atoms with Crippen molar-refractivity contribution in [2.75, 3.05) is 5.32 Å². The molecule has 0 spiro atoms. The van der Waals surface area contributed by atoms with Crippen LogP contribution in [0.5, 0.6) is 0 Å². The van der Waals surface area contributed by atoms with E-state index in [0.29, 0.717) is 22.4 Å². The molecule has 0 aliphatic carbocycles. The van der Waals surface area contributed by atoms with Gasteiger partial charge in [-0.05, 0) is 33.6 Å². The van der Waals surface area contributed by atoms with Gasteiger partial charge in [-0.1, -0.05) is 30.3 Å². The molecule has 3 aromatic rings. The fraction of sp³-hybridized carbons (Fsp3) is 0.0625. The number of amides is 1. The van der Waals surface area contributed by atoms with Crippen LogP contribution in [0.2, 0.25) is 0 Å². The molecule has 3 rings (SSSR count). The number of hydrogen-bond donors (Lipinski definition) is 1. The molecule has 1 amide bonds. The van der Waals surface area contributed by atoms with Crippen molar-refractivity contribution in [1.29, 1.82) is 0 Å². The van der Waals surface area contributed by atoms with Crippen LogP contribution in [0, 0.1) is 0 Å². The second-order valence-electron chi connectivity index (χ2n) is 4.74. The lowest BCUT2D eigenvalue weighted by Crippen LogP contribution is -2.11. The Hall–Kier alpha value is -2.47. The molecule has 0 aliphatic rings. The monoisotopic (exact) mass is 356 g/mol. The average Bonchev–Trinajstić information content (AvgIpc) is 2.96. The van der Waals surface area contributed by atoms with Gasteiger partial charge in [0.05, 0.1) is 24.0 Å². The zero-order chi connectivity index (χ0) is 15.4. The van der Waals surface area contributed by atoms with E-state index in [9.17, 15) is 4.79 Å². The zero-order valence-corrected chi connectivity index (χ0v) is 13.2. The molecule has 0 saturated heterocycles. The highest BCUT2D eigenvalue weighted by Crippen LogP contribution is 2.11. The van der Waals surface area contributed by atoms with Crippen molar-refractivity contribution in [3.05, 3.63) is 76.8 Å². The van der Waals surface area contributed by atoms with Crippen LogP contribution in [0.3, 0.4) is 0 Å². The van der Waals surface area contributed by atoms with Gasteiger partial charge in [-0.25, -0.2) is 4.98 Å². The molecular formula is C16H13BrN4O. The SMILES string of the molecule is O=C(Nc1cnn(Cc2ccccc2)c1)c1ccc(Br)nc1. The van der Waals surface area contributed by atoms with Crippen molar-refractivity contribution >= 4 is 27.5 Å². The largest absolute Gasteiger partial charge is 0.319 e. The molecular weight excluding hydrogens is 344 g/mol. The van der Waals surface area contributed by atoms with Gasteiger partial charge in [0.1, 0.15) is 4.60 Å². The maximum atomic E-state index is 12.1. The van der Waals surface area contributed by atoms with Crippen LogP contribution < -0.4 is 5.32 Å². The summed E-state index contributed by atoms with van der Waals surface area (Å²) in [5.41, 5.74) is 2.31. The van der Waals surface area contributed by atoms with Gasteiger partial charge in [-0.15, -0.1) is 0 Å². The summed E-state index contributed by atoms with van der Waals surface area (Å²) in [6, 6.07) is 13.5. The number of halogens is 1. The Morgan fingerprint density at radius 1 is 1.14 bits per heavy atom. The number of hydrogen-bond acceptors (Lipinski definition) is 3. The molecule has 110 valence electrons. The van der Waals surface area contributed by atoms with Gasteiger partial charge in [0.2, 0.25) is 0 Å². The highest BCUT2D eigenvalue weighted by Gasteiger charge is 2.08. The van der Waals surface area contributed by atoms with Gasteiger partial charge >= 0.3 is 0 Å². The van der Waals surface area contributed by atoms with Crippen molar-refractivity contribution in [3.63, 3.8) is 0 Å². The first kappa shape index (κ1) is 14.5. The first-order valence-electron chi connectivity index (χ1n) is 6.70. The van der Waals surface area contributed by atoms with Gasteiger partial charge in [0.25, 0.3) is 5.91 Å². The number of nitrogens with one attached hydrogen (secondary N) is 1. The Bertz CT molecular complexity index is 768. The van der Waals surface area contributed by atoms with Crippen LogP contribution in [0.15, 0.2) is 65.7 Å². The lowest BCUT2D eigenvalue weighted by molar-refractivity contribution is 0.102. The lowest BCUT2D eigenvalue weighted by Gasteiger charge is -2.02. The van der Waals surface area contributed by atoms with Gasteiger partial charge in [-0.3, -0.25) is 9.48 Å². The molecule has 0 saturated carbocycles. The van der Waals surface area contributed by atoms with Gasteiger partial charge in [0, 0.05) is 12.4 Å². The minimum absolute atomic E-state index is 0.209. The van der Waals surface area contributed by atoms with E-state index >= 15 is 0 Å². The standard InChI is InChI=1S/C16H13BrN4O/c17-15-7-6-13(8-18-15)16(22)20-14-9-19-21(11-14)10-12-4-2-1-3-5-12/h1-9,11H,10H2,(H,20,22). The maximum absolute atomic E-state index is 12.1. The normalized spacial score (nSPS) is 10.4. The molecule has 0 aliphatic heterocycles. The summed E-state index contributed by atoms with van der Waals surface area (Å²) in [5, 5.41) is 7.06. The van der Waals surface area contributed by atoms with E-state index in [1.165, 1.54) is 6.20 Å². The van der Waals surface area contributed by atoms with E-state index in [4.69, 9.17) is 0 Å². The summed E-state index contributed by atoms with van der Waals surface area (Å²) in [5.74, 6) is -0.209. The van der Waals surface area contributed by atoms with Crippen molar-refractivity contribution in [3.8, 4) is 0 Å². The predicted octanol–water partition coefficient (Wildman–Crippen LogP) is 3.34. The first-order valence-corrected chi connectivity index (χ1v) is 7.49. The van der Waals surface area contributed by atoms with Crippen molar-refractivity contribution in [2.24, 2.45) is 0 Å². The second-order valence-corrected chi connectivity index (χ2v) is 5.55. The number of rotatable bonds is 4. The fourth-order valence-electron chi connectivity index (χ4n) is 2.00. The third kappa shape index (κ3) is 3.59. The van der Waals surface area contributed by atoms with Crippen LogP contribution in [-0.2, 0) is 6.54 Å². The van der Waals surface area contributed by atoms with Crippen molar-refractivity contribution in [2.45, 2.75) is 6.54 Å². The molecule has 6 heteroatoms. The topological polar surface area (TPSA) is 59.8 Å². The molecule has 0 unspecified atom stereocenters. The maximum Gasteiger partial charge on any atom is 0.257 e. The Kier molecular flexibility index (Phi) is 4.29. The Morgan fingerprint density at radius 2 is 1.95 bits per heavy atom. The molecule has 0 bridgehead atoms. The van der Waals surface area contributed by atoms with Gasteiger partial charge in [-0.2, -0.15) is 5.10 Å². The first-order chi connectivity index (χ1) is 10.7. The number of carbonyl (C=O) groups is 1. The van der Waals surface area contributed by atoms with E-state index in [2.05, 4.69) is 31.3 Å². The van der Waals surface area contributed by atoms with Crippen LogP contribution in [-0.4, -0.2) is 20.7 Å². The Balaban J connectivity index is 1.66. The van der Waals surface area contributed by atoms with E-state index < -0.39 is 0 Å². The molecule has 0 atom stereocenters. The van der Waals surface area contributed by atoms with E-state index in [0.717, 1.165) is 5.56 Å². The van der Waals surface area contributed by atoms with Crippen molar-refractivity contribution in [1.82, 2.24) is 14.8 Å². The number of benzene rings is 1. The minimum Gasteiger partial charge on any atom is -0.319 e. The summed E-state index contributed by atoms with van der Waals surface area (Å²) in [6.45, 7) is 0.663. The third-order valence-corrected chi connectivity index (χ3v) is 3.54. The highest BCUT2D eigenvalue weighted by molar-refractivity contribution is 9.10. The van der Waals surface area contributed by atoms with Crippen LogP contribution in [0.1, 0.15) is 15.9 Å². The summed E-state index contributed by atoms with van der Waals surface area (Å²) in [7, 11) is 0. The molecule has 2 heterocycles. The predicted molar refractivity (Wildman–Crippen MR) is 87.7 cm³/mol. The fourth-order valence-corrected chi connectivity index (χ4v) is 2.23. The number of anilines is 1. The number of aromatic nitrogens is 3. The average molecular weight is 357 g/mol. The quantitative estimate of drug-likeness (QED) is 0.729. The molecule has 2 aromatic heterocycles. The molecule has 0 fully saturated rings. The molecule has 1 aromatic carbocycles. The number of carbonyl (C=O) groups excluding carboxylic acids is 1. The molecule has 0 radical (unpaired) electrons. The highest BCUT2D eigenvalue weighted by atomic mass is 79.9. The van der Waals surface area contributed by atoms with Gasteiger partial charge < -0.3 is 5.32 Å². The van der Waals surface area contributed by atoms with Gasteiger partial charge in [0.15, 0.2) is 0 Å². The van der Waals surface area contributed by atoms with Crippen LogP contribution in [0.25, 0.3) is 0 Å². The summed E-state index contributed by atoms with van der Waals surface area (Å²) < 4.78 is 2.48. The number of pyridine rings is 1. The van der Waals surface area contributed by atoms with E-state index in [1.807, 2.05) is 30.3 Å². The summed E-state index contributed by atoms with van der Waals surface area (Å²) in [4.78, 5) is 16.1. The summed E-state index contributed by atoms with van der Waals surface area (Å²) in [6.07, 6.45) is 4.96. The second kappa shape index (κ2) is 6.53. The summed E-state index contributed by atoms with van der Waals surface area (Å²) >= 11 is 3.24. The smallest absolute Gasteiger partial charge is 0.257 e. The minimum atomic E-state index is -0.209. The molecule has 1 N–H and O–H groups in total. The molecule has 22 heavy (non-hydrogen) atoms. The van der Waals surface area contributed by atoms with Crippen LogP contribution in [0.4, 0.5) is 5.69 Å². The third-order valence-electron chi connectivity index (χ3n) is 3.07. The Morgan fingerprint density at radius 3 is 2.68 bits per heavy atom. The van der Waals surface area contributed by atoms with E-state index in [1.54, 1.807) is 29.2 Å². The lowest BCUT2D eigenvalue weighted by atomic mass is 10.2. The van der Waals surface area contributed by atoms with Crippen LogP contribution >= 0.6 is 15.9 Å². The van der Waals surface area contributed by atoms with E-state index in [-0.39, 0.29) is 5.91 Å². The van der Waals surface area contributed by atoms with Crippen molar-refractivity contribution < 1.29 is 4.79 Å². The zero-order valence-electron chi connectivity index (χ0n) is 11.6. The number of nitrogens with zero attached hydrogens (tertiary/aromatic N) is 3.